The van der Waals surface area contributed by atoms with Crippen molar-refractivity contribution < 1.29 is 0 Å². The van der Waals surface area contributed by atoms with Crippen LogP contribution in [0.2, 0.25) is 0 Å². The Balaban J connectivity index is 0.961. The summed E-state index contributed by atoms with van der Waals surface area (Å²) in [6, 6.07) is 152. The quantitative estimate of drug-likeness (QED) is 0.0625. The van der Waals surface area contributed by atoms with E-state index in [1.165, 1.54) is 133 Å². The van der Waals surface area contributed by atoms with Gasteiger partial charge in [0.2, 0.25) is 0 Å². The first-order chi connectivity index (χ1) is 52.1. The van der Waals surface area contributed by atoms with Gasteiger partial charge in [-0.2, -0.15) is 0 Å². The molecule has 0 N–H and O–H groups in total. The second kappa shape index (κ2) is 28.9. The van der Waals surface area contributed by atoms with Crippen LogP contribution in [0.4, 0.5) is 34.1 Å². The van der Waals surface area contributed by atoms with Crippen LogP contribution in [0.25, 0.3) is 32.3 Å². The Morgan fingerprint density at radius 1 is 0.133 bits per heavy atom. The second-order valence-corrected chi connectivity index (χ2v) is 37.5. The first-order valence-corrected chi connectivity index (χ1v) is 44.0. The van der Waals surface area contributed by atoms with Crippen LogP contribution in [-0.4, -0.2) is 65.1 Å². The molecule has 3 heterocycles. The normalized spacial score (nSPS) is 13.4. The molecule has 105 heavy (non-hydrogen) atoms. The van der Waals surface area contributed by atoms with E-state index in [4.69, 9.17) is 0 Å². The summed E-state index contributed by atoms with van der Waals surface area (Å²) in [5.74, 6) is 0. The molecule has 0 saturated carbocycles. The molecule has 498 valence electrons. The minimum atomic E-state index is -1.84. The Morgan fingerprint density at radius 3 is 0.324 bits per heavy atom. The van der Waals surface area contributed by atoms with E-state index in [2.05, 4.69) is 419 Å². The Labute approximate surface area is 647 Å². The van der Waals surface area contributed by atoms with Crippen molar-refractivity contribution in [2.45, 2.75) is 36.3 Å². The zero-order valence-corrected chi connectivity index (χ0v) is 66.3. The van der Waals surface area contributed by atoms with Gasteiger partial charge >= 0.3 is 654 Å². The molecule has 3 aliphatic rings. The van der Waals surface area contributed by atoms with E-state index >= 15 is 0 Å². The molecule has 6 radical (unpaired) electrons. The van der Waals surface area contributed by atoms with Gasteiger partial charge in [-0.25, -0.2) is 0 Å². The van der Waals surface area contributed by atoms with E-state index in [1.807, 2.05) is 0 Å². The fourth-order valence-corrected chi connectivity index (χ4v) is 30.6. The van der Waals surface area contributed by atoms with Crippen LogP contribution < -0.4 is 18.7 Å². The minimum absolute atomic E-state index is 0.0471. The zero-order chi connectivity index (χ0) is 69.6. The molecule has 0 saturated heterocycles. The standard InChI is InChI=1S/C96H72N6.3Sn/c1-13-37-67(38-14-1)91(68-39-15-2-16-40-68)97-85-61-79-80(62-86(85)98-92(69-41-17-3-18-42-69)70-43-19-4-20-44-70)82-64-88(100-94(73-49-25-7-26-50-73)74-51-27-8-28-52-74)90(102-96(77-57-33-11-34-58-77)78-59-35-12-36-60-78)66-84(82)83-65-89(101-95(75-53-29-9-30-54-75)76-55-31-10-32-56-76)87(63-81(79)83)99-93(71-45-21-5-22-46-71)72-47-23-6-24-48-72;;;/h1-66,91-96H;;;/q-6;3*+2. The molecular formula is C96H72N6Sn3. The second-order valence-electron chi connectivity index (χ2n) is 27.5. The van der Waals surface area contributed by atoms with Gasteiger partial charge in [0.05, 0.1) is 0 Å². The van der Waals surface area contributed by atoms with Crippen LogP contribution in [0.3, 0.4) is 0 Å². The van der Waals surface area contributed by atoms with Crippen molar-refractivity contribution in [2.75, 3.05) is 18.7 Å². The van der Waals surface area contributed by atoms with Crippen molar-refractivity contribution in [2.24, 2.45) is 0 Å². The van der Waals surface area contributed by atoms with Gasteiger partial charge in [0, 0.05) is 0 Å². The first kappa shape index (κ1) is 65.3. The van der Waals surface area contributed by atoms with E-state index in [9.17, 15) is 0 Å². The fraction of sp³-hybridized carbons (Fsp3) is 0.0625. The van der Waals surface area contributed by atoms with Gasteiger partial charge in [-0.05, 0) is 0 Å². The van der Waals surface area contributed by atoms with Gasteiger partial charge in [0.15, 0.2) is 0 Å². The van der Waals surface area contributed by atoms with Gasteiger partial charge in [0.25, 0.3) is 0 Å². The monoisotopic (exact) mass is 1670 g/mol. The van der Waals surface area contributed by atoms with Crippen molar-refractivity contribution in [3.8, 4) is 0 Å². The van der Waals surface area contributed by atoms with E-state index in [-0.39, 0.29) is 36.3 Å². The molecular weight excluding hydrogens is 1590 g/mol. The molecule has 16 aromatic rings. The topological polar surface area (TPSA) is 19.4 Å². The van der Waals surface area contributed by atoms with Crippen molar-refractivity contribution in [1.29, 1.82) is 0 Å². The molecule has 0 aliphatic carbocycles. The van der Waals surface area contributed by atoms with E-state index in [0.29, 0.717) is 0 Å². The molecule has 9 heteroatoms. The maximum atomic E-state index is 2.89. The summed E-state index contributed by atoms with van der Waals surface area (Å²) in [6.07, 6.45) is 0. The third-order valence-corrected chi connectivity index (χ3v) is 33.6. The Bertz CT molecular complexity index is 4510. The zero-order valence-electron chi connectivity index (χ0n) is 57.8. The molecule has 0 fully saturated rings. The summed E-state index contributed by atoms with van der Waals surface area (Å²) in [7, 11) is 0. The predicted molar refractivity (Wildman–Crippen MR) is 439 cm³/mol. The van der Waals surface area contributed by atoms with Crippen LogP contribution >= 0.6 is 0 Å². The molecule has 0 amide bonds. The Hall–Kier alpha value is -10.5. The average molecular weight is 1670 g/mol. The van der Waals surface area contributed by atoms with E-state index in [0.717, 1.165) is 0 Å². The number of nitrogens with zero attached hydrogens (tertiary/aromatic N) is 6. The summed E-state index contributed by atoms with van der Waals surface area (Å²) in [5, 5.41) is 7.58. The van der Waals surface area contributed by atoms with Crippen LogP contribution in [0.1, 0.15) is 103 Å². The van der Waals surface area contributed by atoms with Crippen molar-refractivity contribution in [3.05, 3.63) is 467 Å². The van der Waals surface area contributed by atoms with Crippen molar-refractivity contribution in [1.82, 2.24) is 0 Å². The van der Waals surface area contributed by atoms with Crippen LogP contribution in [0.5, 0.6) is 0 Å². The first-order valence-electron chi connectivity index (χ1n) is 36.3. The third kappa shape index (κ3) is 12.2. The molecule has 6 nitrogen and oxygen atoms in total. The van der Waals surface area contributed by atoms with Crippen LogP contribution in [0.15, 0.2) is 400 Å². The van der Waals surface area contributed by atoms with Gasteiger partial charge in [-0.1, -0.05) is 0 Å². The van der Waals surface area contributed by atoms with Gasteiger partial charge in [0.1, 0.15) is 0 Å². The number of hydrogen-bond acceptors (Lipinski definition) is 6. The number of fused-ring (bicyclic) bond motifs is 9. The SMILES string of the molecule is c1ccc(C(c2ccccc2)[N]2[Sn][N](C(c3ccccc3)c3ccccc3)c3cc4c(cc32)c2cc3c(cc2c2cc5c(cc42)[N](C(c2ccccc2)c2ccccc2)[Sn][N]5C(c2ccccc2)c2ccccc2)[N](C(c2ccccc2)c2ccccc2)[Sn][N]3C(c2ccccc2)c2ccccc2)cc1. The number of rotatable bonds is 18. The molecule has 0 atom stereocenters. The third-order valence-electron chi connectivity index (χ3n) is 21.4. The van der Waals surface area contributed by atoms with E-state index < -0.39 is 65.1 Å². The van der Waals surface area contributed by atoms with E-state index in [1.54, 1.807) is 0 Å². The number of hydrogen-bond donors (Lipinski definition) is 0. The predicted octanol–water partition coefficient (Wildman–Crippen LogP) is 22.4. The van der Waals surface area contributed by atoms with Gasteiger partial charge < -0.3 is 0 Å². The summed E-state index contributed by atoms with van der Waals surface area (Å²) in [5.41, 5.74) is 23.2. The summed E-state index contributed by atoms with van der Waals surface area (Å²) >= 11 is -5.53. The summed E-state index contributed by atoms with van der Waals surface area (Å²) in [4.78, 5) is 0. The average Bonchev–Trinajstić information content (AvgIpc) is 1.61. The molecule has 0 spiro atoms. The maximum absolute atomic E-state index is 2.89. The molecule has 0 bridgehead atoms. The molecule has 16 aromatic carbocycles. The Kier molecular flexibility index (Phi) is 17.9. The summed E-state index contributed by atoms with van der Waals surface area (Å²) in [6.45, 7) is 0. The van der Waals surface area contributed by atoms with Crippen molar-refractivity contribution in [3.63, 3.8) is 0 Å². The molecule has 19 rings (SSSR count). The Morgan fingerprint density at radius 2 is 0.229 bits per heavy atom. The van der Waals surface area contributed by atoms with Crippen LogP contribution in [-0.2, 0) is 0 Å². The summed E-state index contributed by atoms with van der Waals surface area (Å²) < 4.78 is 17.4. The molecule has 3 aliphatic heterocycles. The van der Waals surface area contributed by atoms with Gasteiger partial charge in [-0.3, -0.25) is 0 Å². The van der Waals surface area contributed by atoms with Crippen molar-refractivity contribution >= 4 is 132 Å². The molecule has 0 unspecified atom stereocenters. The van der Waals surface area contributed by atoms with Gasteiger partial charge in [-0.15, -0.1) is 0 Å². The molecule has 0 aromatic heterocycles. The number of anilines is 6. The van der Waals surface area contributed by atoms with Crippen LogP contribution in [0, 0.1) is 0 Å². The number of benzene rings is 16. The fourth-order valence-electron chi connectivity index (χ4n) is 16.6.